The monoisotopic (exact) mass is 436 g/mol. The summed E-state index contributed by atoms with van der Waals surface area (Å²) in [6.45, 7) is 0. The lowest BCUT2D eigenvalue weighted by atomic mass is 9.94. The van der Waals surface area contributed by atoms with Crippen LogP contribution in [0, 0.1) is 0 Å². The Hall–Kier alpha value is -3.38. The van der Waals surface area contributed by atoms with Crippen LogP contribution in [0.5, 0.6) is 0 Å². The van der Waals surface area contributed by atoms with Gasteiger partial charge in [0.2, 0.25) is 5.91 Å². The molecule has 12 heteroatoms. The molecule has 1 saturated heterocycles. The Kier molecular flexibility index (Phi) is 5.55. The molecule has 2 amide bonds. The average molecular weight is 436 g/mol. The van der Waals surface area contributed by atoms with E-state index in [9.17, 15) is 39.3 Å². The number of aliphatic carboxylic acids is 3. The van der Waals surface area contributed by atoms with Crippen molar-refractivity contribution in [2.24, 2.45) is 0 Å². The Morgan fingerprint density at radius 3 is 2.30 bits per heavy atom. The second-order valence-electron chi connectivity index (χ2n) is 6.39. The number of thioether (sulfide) groups is 1. The zero-order chi connectivity index (χ0) is 22.2. The lowest BCUT2D eigenvalue weighted by Crippen LogP contribution is -2.81. The Morgan fingerprint density at radius 1 is 1.17 bits per heavy atom. The lowest BCUT2D eigenvalue weighted by Gasteiger charge is -2.55. The predicted molar refractivity (Wildman–Crippen MR) is 100 cm³/mol. The molecule has 2 aliphatic heterocycles. The molecule has 0 bridgehead atoms. The van der Waals surface area contributed by atoms with E-state index in [1.165, 1.54) is 12.1 Å². The number of β-lactam (4-membered cyclic amide) rings is 1. The van der Waals surface area contributed by atoms with E-state index in [1.54, 1.807) is 18.2 Å². The van der Waals surface area contributed by atoms with Gasteiger partial charge in [0.05, 0.1) is 5.57 Å². The van der Waals surface area contributed by atoms with E-state index >= 15 is 0 Å². The molecule has 0 saturated carbocycles. The third kappa shape index (κ3) is 3.19. The van der Waals surface area contributed by atoms with E-state index in [4.69, 9.17) is 4.74 Å². The number of ether oxygens (including phenoxy) is 1. The first-order chi connectivity index (χ1) is 14.2. The molecular weight excluding hydrogens is 420 g/mol. The summed E-state index contributed by atoms with van der Waals surface area (Å²) in [6.07, 6.45) is 0. The second-order valence-corrected chi connectivity index (χ2v) is 7.46. The highest BCUT2D eigenvalue weighted by molar-refractivity contribution is 8.00. The highest BCUT2D eigenvalue weighted by Gasteiger charge is 2.67. The molecule has 1 aromatic rings. The maximum absolute atomic E-state index is 12.8. The number of methoxy groups -OCH3 is 1. The van der Waals surface area contributed by atoms with Gasteiger partial charge < -0.3 is 25.4 Å². The van der Waals surface area contributed by atoms with Crippen molar-refractivity contribution in [2.75, 3.05) is 12.9 Å². The third-order valence-electron chi connectivity index (χ3n) is 4.76. The number of benzene rings is 1. The number of rotatable bonds is 7. The van der Waals surface area contributed by atoms with E-state index in [2.05, 4.69) is 5.32 Å². The topological polar surface area (TPSA) is 171 Å². The quantitative estimate of drug-likeness (QED) is 0.252. The minimum atomic E-state index is -2.03. The average Bonchev–Trinajstić information content (AvgIpc) is 2.70. The smallest absolute Gasteiger partial charge is 0.353 e. The maximum atomic E-state index is 12.8. The van der Waals surface area contributed by atoms with E-state index in [1.807, 2.05) is 0 Å². The summed E-state index contributed by atoms with van der Waals surface area (Å²) in [5.41, 5.74) is -3.04. The molecule has 0 spiro atoms. The number of nitrogens with zero attached hydrogens (tertiary/aromatic N) is 1. The van der Waals surface area contributed by atoms with E-state index < -0.39 is 58.0 Å². The van der Waals surface area contributed by atoms with Crippen molar-refractivity contribution in [1.29, 1.82) is 0 Å². The molecule has 2 aliphatic rings. The summed E-state index contributed by atoms with van der Waals surface area (Å²) in [6, 6.07) is 7.62. The fraction of sp³-hybridized carbons (Fsp3) is 0.278. The van der Waals surface area contributed by atoms with Gasteiger partial charge in [-0.1, -0.05) is 30.3 Å². The normalized spacial score (nSPS) is 23.8. The summed E-state index contributed by atoms with van der Waals surface area (Å²) in [5, 5.41) is 29.4. The van der Waals surface area contributed by atoms with Crippen LogP contribution in [0.1, 0.15) is 11.5 Å². The van der Waals surface area contributed by atoms with Crippen LogP contribution >= 0.6 is 11.8 Å². The first-order valence-electron chi connectivity index (χ1n) is 8.45. The van der Waals surface area contributed by atoms with Crippen molar-refractivity contribution < 1.29 is 44.0 Å². The molecule has 2 unspecified atom stereocenters. The molecule has 4 N–H and O–H groups in total. The maximum Gasteiger partial charge on any atom is 0.353 e. The highest BCUT2D eigenvalue weighted by Crippen LogP contribution is 2.46. The van der Waals surface area contributed by atoms with Crippen LogP contribution < -0.4 is 5.32 Å². The summed E-state index contributed by atoms with van der Waals surface area (Å²) < 4.78 is 5.22. The molecule has 3 rings (SSSR count). The molecule has 11 nitrogen and oxygen atoms in total. The van der Waals surface area contributed by atoms with Gasteiger partial charge in [0.25, 0.3) is 11.6 Å². The SMILES string of the molecule is COC1(NC(=O)C(C(=O)O)c2ccccc2)C(=O)N2C(C(=O)O)=C(C(=O)O)CS[C@H]21. The van der Waals surface area contributed by atoms with Gasteiger partial charge in [-0.2, -0.15) is 0 Å². The van der Waals surface area contributed by atoms with Crippen molar-refractivity contribution in [2.45, 2.75) is 17.0 Å². The Labute approximate surface area is 173 Å². The summed E-state index contributed by atoms with van der Waals surface area (Å²) in [5.74, 6) is -8.50. The molecule has 1 aromatic carbocycles. The minimum absolute atomic E-state index is 0.174. The van der Waals surface area contributed by atoms with E-state index in [0.29, 0.717) is 0 Å². The third-order valence-corrected chi connectivity index (χ3v) is 6.08. The molecule has 0 aliphatic carbocycles. The minimum Gasteiger partial charge on any atom is -0.480 e. The molecule has 0 aromatic heterocycles. The number of fused-ring (bicyclic) bond motifs is 1. The summed E-state index contributed by atoms with van der Waals surface area (Å²) in [4.78, 5) is 61.0. The number of carbonyl (C=O) groups excluding carboxylic acids is 2. The van der Waals surface area contributed by atoms with Crippen LogP contribution in [-0.2, 0) is 28.7 Å². The van der Waals surface area contributed by atoms with Gasteiger partial charge in [0.1, 0.15) is 11.1 Å². The number of amides is 2. The molecule has 3 atom stereocenters. The number of carbonyl (C=O) groups is 5. The van der Waals surface area contributed by atoms with Crippen molar-refractivity contribution in [3.63, 3.8) is 0 Å². The fourth-order valence-corrected chi connectivity index (χ4v) is 4.78. The van der Waals surface area contributed by atoms with Gasteiger partial charge in [-0.15, -0.1) is 11.8 Å². The first kappa shape index (κ1) is 21.3. The van der Waals surface area contributed by atoms with Crippen molar-refractivity contribution in [3.8, 4) is 0 Å². The Bertz CT molecular complexity index is 977. The molecule has 2 heterocycles. The van der Waals surface area contributed by atoms with E-state index in [0.717, 1.165) is 23.8 Å². The van der Waals surface area contributed by atoms with Crippen LogP contribution in [0.25, 0.3) is 0 Å². The van der Waals surface area contributed by atoms with Crippen LogP contribution in [0.4, 0.5) is 0 Å². The predicted octanol–water partition coefficient (Wildman–Crippen LogP) is -0.348. The largest absolute Gasteiger partial charge is 0.480 e. The van der Waals surface area contributed by atoms with Gasteiger partial charge in [0.15, 0.2) is 5.92 Å². The van der Waals surface area contributed by atoms with Gasteiger partial charge in [0, 0.05) is 12.9 Å². The zero-order valence-electron chi connectivity index (χ0n) is 15.4. The number of nitrogens with one attached hydrogen (secondary N) is 1. The number of hydrogen-bond acceptors (Lipinski definition) is 7. The standard InChI is InChI=1S/C18H16N2O9S/c1-29-18(19-12(21)10(14(24)25)8-5-3-2-4-6-8)16(28)20-11(15(26)27)9(13(22)23)7-30-17(18)20/h2-6,10,17H,7H2,1H3,(H,19,21)(H,22,23)(H,24,25)(H,26,27)/t10?,17-,18?/m0/s1. The van der Waals surface area contributed by atoms with Gasteiger partial charge in [-0.3, -0.25) is 19.3 Å². The zero-order valence-corrected chi connectivity index (χ0v) is 16.2. The van der Waals surface area contributed by atoms with Gasteiger partial charge in [-0.25, -0.2) is 9.59 Å². The molecule has 158 valence electrons. The summed E-state index contributed by atoms with van der Waals surface area (Å²) >= 11 is 0.880. The van der Waals surface area contributed by atoms with Crippen LogP contribution in [-0.4, -0.2) is 73.9 Å². The molecule has 1 fully saturated rings. The number of carboxylic acid groups (broad SMARTS) is 3. The fourth-order valence-electron chi connectivity index (χ4n) is 3.35. The van der Waals surface area contributed by atoms with Crippen LogP contribution in [0.15, 0.2) is 41.6 Å². The van der Waals surface area contributed by atoms with Crippen molar-refractivity contribution in [3.05, 3.63) is 47.2 Å². The molecular formula is C18H16N2O9S. The van der Waals surface area contributed by atoms with Crippen molar-refractivity contribution >= 4 is 41.5 Å². The Balaban J connectivity index is 1.94. The van der Waals surface area contributed by atoms with Crippen molar-refractivity contribution in [1.82, 2.24) is 10.2 Å². The first-order valence-corrected chi connectivity index (χ1v) is 9.50. The van der Waals surface area contributed by atoms with Crippen LogP contribution in [0.3, 0.4) is 0 Å². The molecule has 30 heavy (non-hydrogen) atoms. The van der Waals surface area contributed by atoms with E-state index in [-0.39, 0.29) is 11.3 Å². The lowest BCUT2D eigenvalue weighted by molar-refractivity contribution is -0.193. The molecule has 0 radical (unpaired) electrons. The number of carboxylic acids is 3. The summed E-state index contributed by atoms with van der Waals surface area (Å²) in [7, 11) is 1.10. The van der Waals surface area contributed by atoms with Gasteiger partial charge >= 0.3 is 17.9 Å². The number of hydrogen-bond donors (Lipinski definition) is 4. The second kappa shape index (κ2) is 7.80. The van der Waals surface area contributed by atoms with Crippen LogP contribution in [0.2, 0.25) is 0 Å². The van der Waals surface area contributed by atoms with Gasteiger partial charge in [-0.05, 0) is 5.56 Å². The highest BCUT2D eigenvalue weighted by atomic mass is 32.2. The Morgan fingerprint density at radius 2 is 1.80 bits per heavy atom.